The summed E-state index contributed by atoms with van der Waals surface area (Å²) in [5.74, 6) is 0. The average molecular weight is 337 g/mol. The minimum Gasteiger partial charge on any atom is -0.318 e. The zero-order chi connectivity index (χ0) is 17.5. The van der Waals surface area contributed by atoms with Gasteiger partial charge in [0, 0.05) is 42.8 Å². The molecule has 0 amide bonds. The van der Waals surface area contributed by atoms with Gasteiger partial charge >= 0.3 is 0 Å². The standard InChI is InChI=1S/C21H15N5/c1-26-13-25-20-11-16(12-24-21(20)26)15-2-3-19-18(10-15)17(6-9-23-19)14-4-7-22-8-5-14/h2-13H,1H3. The van der Waals surface area contributed by atoms with Crippen LogP contribution in [0.1, 0.15) is 0 Å². The molecule has 0 unspecified atom stereocenters. The Morgan fingerprint density at radius 3 is 2.50 bits per heavy atom. The van der Waals surface area contributed by atoms with Gasteiger partial charge in [0.1, 0.15) is 5.52 Å². The van der Waals surface area contributed by atoms with E-state index in [4.69, 9.17) is 0 Å². The number of benzene rings is 1. The summed E-state index contributed by atoms with van der Waals surface area (Å²) < 4.78 is 1.92. The van der Waals surface area contributed by atoms with Crippen LogP contribution < -0.4 is 0 Å². The molecular weight excluding hydrogens is 322 g/mol. The van der Waals surface area contributed by atoms with Crippen molar-refractivity contribution < 1.29 is 0 Å². The minimum absolute atomic E-state index is 0.883. The Kier molecular flexibility index (Phi) is 3.25. The summed E-state index contributed by atoms with van der Waals surface area (Å²) in [5, 5.41) is 1.11. The Morgan fingerprint density at radius 1 is 0.731 bits per heavy atom. The Labute approximate surface area is 150 Å². The summed E-state index contributed by atoms with van der Waals surface area (Å²) >= 11 is 0. The summed E-state index contributed by atoms with van der Waals surface area (Å²) in [6, 6.07) is 14.5. The average Bonchev–Trinajstić information content (AvgIpc) is 3.08. The third-order valence-electron chi connectivity index (χ3n) is 4.62. The second-order valence-corrected chi connectivity index (χ2v) is 6.25. The van der Waals surface area contributed by atoms with Gasteiger partial charge in [-0.2, -0.15) is 0 Å². The summed E-state index contributed by atoms with van der Waals surface area (Å²) in [6.45, 7) is 0. The Hall–Kier alpha value is -3.60. The van der Waals surface area contributed by atoms with Gasteiger partial charge in [0.2, 0.25) is 0 Å². The van der Waals surface area contributed by atoms with Crippen LogP contribution in [0.3, 0.4) is 0 Å². The van der Waals surface area contributed by atoms with Crippen molar-refractivity contribution in [2.24, 2.45) is 7.05 Å². The van der Waals surface area contributed by atoms with Crippen LogP contribution in [0.15, 0.2) is 73.6 Å². The zero-order valence-electron chi connectivity index (χ0n) is 14.2. The van der Waals surface area contributed by atoms with E-state index in [9.17, 15) is 0 Å². The van der Waals surface area contributed by atoms with Crippen LogP contribution in [0.25, 0.3) is 44.3 Å². The molecule has 4 aromatic heterocycles. The molecular formula is C21H15N5. The monoisotopic (exact) mass is 337 g/mol. The normalized spacial score (nSPS) is 11.3. The fraction of sp³-hybridized carbons (Fsp3) is 0.0476. The highest BCUT2D eigenvalue weighted by Gasteiger charge is 2.09. The third-order valence-corrected chi connectivity index (χ3v) is 4.62. The summed E-state index contributed by atoms with van der Waals surface area (Å²) in [6.07, 6.45) is 9.15. The largest absolute Gasteiger partial charge is 0.318 e. The minimum atomic E-state index is 0.883. The number of hydrogen-bond acceptors (Lipinski definition) is 4. The van der Waals surface area contributed by atoms with Crippen LogP contribution in [0, 0.1) is 0 Å². The second kappa shape index (κ2) is 5.74. The lowest BCUT2D eigenvalue weighted by molar-refractivity contribution is 0.931. The van der Waals surface area contributed by atoms with Gasteiger partial charge in [0.05, 0.1) is 11.8 Å². The number of rotatable bonds is 2. The first kappa shape index (κ1) is 14.7. The highest BCUT2D eigenvalue weighted by molar-refractivity contribution is 5.97. The molecule has 0 atom stereocenters. The maximum absolute atomic E-state index is 4.55. The quantitative estimate of drug-likeness (QED) is 0.483. The Balaban J connectivity index is 1.71. The van der Waals surface area contributed by atoms with Gasteiger partial charge in [-0.25, -0.2) is 9.97 Å². The zero-order valence-corrected chi connectivity index (χ0v) is 14.2. The van der Waals surface area contributed by atoms with Gasteiger partial charge in [-0.1, -0.05) is 6.07 Å². The van der Waals surface area contributed by atoms with Crippen molar-refractivity contribution >= 4 is 22.1 Å². The predicted octanol–water partition coefficient (Wildman–Crippen LogP) is 4.25. The van der Waals surface area contributed by atoms with Crippen molar-refractivity contribution in [3.8, 4) is 22.3 Å². The van der Waals surface area contributed by atoms with Crippen molar-refractivity contribution in [3.05, 3.63) is 73.6 Å². The number of hydrogen-bond donors (Lipinski definition) is 0. The lowest BCUT2D eigenvalue weighted by Crippen LogP contribution is -1.89. The van der Waals surface area contributed by atoms with E-state index in [1.807, 2.05) is 54.6 Å². The Bertz CT molecular complexity index is 1240. The summed E-state index contributed by atoms with van der Waals surface area (Å²) in [4.78, 5) is 17.6. The second-order valence-electron chi connectivity index (χ2n) is 6.25. The van der Waals surface area contributed by atoms with Gasteiger partial charge in [0.15, 0.2) is 5.65 Å². The SMILES string of the molecule is Cn1cnc2cc(-c3ccc4nccc(-c5ccncc5)c4c3)cnc21. The maximum atomic E-state index is 4.55. The molecule has 5 heteroatoms. The van der Waals surface area contributed by atoms with E-state index in [0.29, 0.717) is 0 Å². The van der Waals surface area contributed by atoms with Gasteiger partial charge in [0.25, 0.3) is 0 Å². The Morgan fingerprint density at radius 2 is 1.62 bits per heavy atom. The van der Waals surface area contributed by atoms with Gasteiger partial charge < -0.3 is 4.57 Å². The molecule has 0 aliphatic carbocycles. The molecule has 0 radical (unpaired) electrons. The first-order valence-corrected chi connectivity index (χ1v) is 8.36. The molecule has 5 aromatic rings. The van der Waals surface area contributed by atoms with Crippen LogP contribution in [0.4, 0.5) is 0 Å². The molecule has 1 aromatic carbocycles. The van der Waals surface area contributed by atoms with Crippen LogP contribution in [0.5, 0.6) is 0 Å². The van der Waals surface area contributed by atoms with Crippen molar-refractivity contribution in [2.75, 3.05) is 0 Å². The lowest BCUT2D eigenvalue weighted by atomic mass is 9.98. The maximum Gasteiger partial charge on any atom is 0.159 e. The number of fused-ring (bicyclic) bond motifs is 2. The molecule has 5 nitrogen and oxygen atoms in total. The van der Waals surface area contributed by atoms with Crippen molar-refractivity contribution in [1.29, 1.82) is 0 Å². The number of aromatic nitrogens is 5. The van der Waals surface area contributed by atoms with Gasteiger partial charge in [-0.15, -0.1) is 0 Å². The highest BCUT2D eigenvalue weighted by Crippen LogP contribution is 2.31. The fourth-order valence-electron chi connectivity index (χ4n) is 3.28. The van der Waals surface area contributed by atoms with Crippen LogP contribution >= 0.6 is 0 Å². The topological polar surface area (TPSA) is 56.5 Å². The summed E-state index contributed by atoms with van der Waals surface area (Å²) in [5.41, 5.74) is 7.16. The number of pyridine rings is 3. The molecule has 0 N–H and O–H groups in total. The third kappa shape index (κ3) is 2.33. The number of aryl methyl sites for hydroxylation is 1. The molecule has 0 spiro atoms. The summed E-state index contributed by atoms with van der Waals surface area (Å²) in [7, 11) is 1.95. The fourth-order valence-corrected chi connectivity index (χ4v) is 3.28. The van der Waals surface area contributed by atoms with E-state index in [1.165, 1.54) is 0 Å². The van der Waals surface area contributed by atoms with Crippen LogP contribution in [-0.2, 0) is 7.05 Å². The molecule has 0 aliphatic rings. The lowest BCUT2D eigenvalue weighted by Gasteiger charge is -2.09. The molecule has 124 valence electrons. The van der Waals surface area contributed by atoms with E-state index < -0.39 is 0 Å². The van der Waals surface area contributed by atoms with E-state index in [1.54, 1.807) is 6.33 Å². The van der Waals surface area contributed by atoms with E-state index in [-0.39, 0.29) is 0 Å². The number of nitrogens with zero attached hydrogens (tertiary/aromatic N) is 5. The first-order valence-electron chi connectivity index (χ1n) is 8.36. The molecule has 0 saturated heterocycles. The smallest absolute Gasteiger partial charge is 0.159 e. The van der Waals surface area contributed by atoms with Gasteiger partial charge in [-0.3, -0.25) is 9.97 Å². The number of imidazole rings is 1. The van der Waals surface area contributed by atoms with Crippen LogP contribution in [-0.4, -0.2) is 24.5 Å². The van der Waals surface area contributed by atoms with Crippen molar-refractivity contribution in [1.82, 2.24) is 24.5 Å². The molecule has 5 rings (SSSR count). The molecule has 0 bridgehead atoms. The molecule has 0 aliphatic heterocycles. The molecule has 0 fully saturated rings. The predicted molar refractivity (Wildman–Crippen MR) is 102 cm³/mol. The van der Waals surface area contributed by atoms with E-state index >= 15 is 0 Å². The van der Waals surface area contributed by atoms with Gasteiger partial charge in [-0.05, 0) is 53.1 Å². The first-order chi connectivity index (χ1) is 12.8. The van der Waals surface area contributed by atoms with E-state index in [0.717, 1.165) is 44.3 Å². The van der Waals surface area contributed by atoms with Crippen molar-refractivity contribution in [2.45, 2.75) is 0 Å². The highest BCUT2D eigenvalue weighted by atomic mass is 15.1. The molecule has 0 saturated carbocycles. The van der Waals surface area contributed by atoms with Crippen molar-refractivity contribution in [3.63, 3.8) is 0 Å². The van der Waals surface area contributed by atoms with E-state index in [2.05, 4.69) is 44.2 Å². The van der Waals surface area contributed by atoms with Crippen LogP contribution in [0.2, 0.25) is 0 Å². The molecule has 26 heavy (non-hydrogen) atoms. The molecule has 4 heterocycles.